The number of rotatable bonds is 9. The van der Waals surface area contributed by atoms with Crippen molar-refractivity contribution in [3.05, 3.63) is 23.8 Å². The van der Waals surface area contributed by atoms with Gasteiger partial charge in [-0.25, -0.2) is 0 Å². The number of carbonyl (C=O) groups is 1. The molecule has 1 aromatic carbocycles. The summed E-state index contributed by atoms with van der Waals surface area (Å²) in [6.45, 7) is 2.82. The van der Waals surface area contributed by atoms with Crippen LogP contribution in [0.5, 0.6) is 11.5 Å². The van der Waals surface area contributed by atoms with Gasteiger partial charge in [-0.15, -0.1) is 0 Å². The lowest BCUT2D eigenvalue weighted by atomic mass is 10.2. The standard InChI is InChI=1S/C17H26N2O4/c1-21-15-6-5-13(10-16(15)22-2)11-19-17(20)7-8-18-12-14-4-3-9-23-14/h5-6,10,14,18H,3-4,7-9,11-12H2,1-2H3,(H,19,20). The Morgan fingerprint density at radius 1 is 1.30 bits per heavy atom. The molecule has 0 spiro atoms. The largest absolute Gasteiger partial charge is 0.493 e. The summed E-state index contributed by atoms with van der Waals surface area (Å²) in [6, 6.07) is 5.62. The van der Waals surface area contributed by atoms with E-state index in [2.05, 4.69) is 10.6 Å². The van der Waals surface area contributed by atoms with Crippen molar-refractivity contribution in [2.75, 3.05) is 33.9 Å². The lowest BCUT2D eigenvalue weighted by molar-refractivity contribution is -0.121. The second-order valence-electron chi connectivity index (χ2n) is 5.56. The summed E-state index contributed by atoms with van der Waals surface area (Å²) in [6.07, 6.45) is 3.02. The van der Waals surface area contributed by atoms with Crippen molar-refractivity contribution in [1.29, 1.82) is 0 Å². The third-order valence-electron chi connectivity index (χ3n) is 3.86. The molecule has 6 heteroatoms. The van der Waals surface area contributed by atoms with Crippen LogP contribution in [0.1, 0.15) is 24.8 Å². The van der Waals surface area contributed by atoms with Gasteiger partial charge >= 0.3 is 0 Å². The van der Waals surface area contributed by atoms with Crippen LogP contribution >= 0.6 is 0 Å². The summed E-state index contributed by atoms with van der Waals surface area (Å²) in [5.74, 6) is 1.37. The number of nitrogens with one attached hydrogen (secondary N) is 2. The van der Waals surface area contributed by atoms with Gasteiger partial charge in [0.25, 0.3) is 0 Å². The lowest BCUT2D eigenvalue weighted by Crippen LogP contribution is -2.31. The van der Waals surface area contributed by atoms with Crippen LogP contribution in [0.25, 0.3) is 0 Å². The van der Waals surface area contributed by atoms with Crippen LogP contribution in [0, 0.1) is 0 Å². The monoisotopic (exact) mass is 322 g/mol. The van der Waals surface area contributed by atoms with Gasteiger partial charge in [-0.1, -0.05) is 6.07 Å². The van der Waals surface area contributed by atoms with Crippen molar-refractivity contribution in [3.63, 3.8) is 0 Å². The van der Waals surface area contributed by atoms with Gasteiger partial charge in [-0.3, -0.25) is 4.79 Å². The van der Waals surface area contributed by atoms with E-state index in [9.17, 15) is 4.79 Å². The molecule has 2 N–H and O–H groups in total. The van der Waals surface area contributed by atoms with Crippen LogP contribution in [-0.2, 0) is 16.1 Å². The highest BCUT2D eigenvalue weighted by Gasteiger charge is 2.14. The van der Waals surface area contributed by atoms with Gasteiger partial charge in [0.05, 0.1) is 20.3 Å². The van der Waals surface area contributed by atoms with Gasteiger partial charge in [-0.05, 0) is 30.5 Å². The molecule has 2 rings (SSSR count). The smallest absolute Gasteiger partial charge is 0.221 e. The Hall–Kier alpha value is -1.79. The third kappa shape index (κ3) is 5.73. The van der Waals surface area contributed by atoms with E-state index in [1.807, 2.05) is 18.2 Å². The summed E-state index contributed by atoms with van der Waals surface area (Å²) < 4.78 is 16.0. The first-order chi connectivity index (χ1) is 11.2. The number of ether oxygens (including phenoxy) is 3. The van der Waals surface area contributed by atoms with Crippen molar-refractivity contribution < 1.29 is 19.0 Å². The average Bonchev–Trinajstić information content (AvgIpc) is 3.10. The third-order valence-corrected chi connectivity index (χ3v) is 3.86. The second-order valence-corrected chi connectivity index (χ2v) is 5.56. The number of methoxy groups -OCH3 is 2. The minimum atomic E-state index is 0.0274. The molecule has 1 aliphatic rings. The van der Waals surface area contributed by atoms with Crippen LogP contribution in [-0.4, -0.2) is 45.9 Å². The summed E-state index contributed by atoms with van der Waals surface area (Å²) in [4.78, 5) is 11.9. The van der Waals surface area contributed by atoms with Gasteiger partial charge in [0.2, 0.25) is 5.91 Å². The predicted octanol–water partition coefficient (Wildman–Crippen LogP) is 1.48. The quantitative estimate of drug-likeness (QED) is 0.674. The van der Waals surface area contributed by atoms with Gasteiger partial charge in [0.1, 0.15) is 0 Å². The molecule has 1 saturated heterocycles. The van der Waals surface area contributed by atoms with E-state index in [0.29, 0.717) is 37.1 Å². The molecular weight excluding hydrogens is 296 g/mol. The molecule has 1 aliphatic heterocycles. The molecule has 1 amide bonds. The molecule has 1 unspecified atom stereocenters. The molecule has 0 bridgehead atoms. The molecule has 1 heterocycles. The van der Waals surface area contributed by atoms with E-state index >= 15 is 0 Å². The van der Waals surface area contributed by atoms with Gasteiger partial charge in [0, 0.05) is 32.7 Å². The molecule has 6 nitrogen and oxygen atoms in total. The molecule has 0 saturated carbocycles. The Labute approximate surface area is 137 Å². The molecule has 1 fully saturated rings. The highest BCUT2D eigenvalue weighted by Crippen LogP contribution is 2.27. The number of benzene rings is 1. The molecule has 1 atom stereocenters. The molecule has 1 aromatic rings. The highest BCUT2D eigenvalue weighted by atomic mass is 16.5. The molecule has 0 aromatic heterocycles. The van der Waals surface area contributed by atoms with Crippen LogP contribution in [0.4, 0.5) is 0 Å². The molecule has 128 valence electrons. The zero-order valence-electron chi connectivity index (χ0n) is 13.9. The first-order valence-electron chi connectivity index (χ1n) is 8.03. The summed E-state index contributed by atoms with van der Waals surface area (Å²) >= 11 is 0. The van der Waals surface area contributed by atoms with Gasteiger partial charge in [-0.2, -0.15) is 0 Å². The van der Waals surface area contributed by atoms with Gasteiger partial charge in [0.15, 0.2) is 11.5 Å². The minimum Gasteiger partial charge on any atom is -0.493 e. The summed E-state index contributed by atoms with van der Waals surface area (Å²) in [7, 11) is 3.20. The number of hydrogen-bond donors (Lipinski definition) is 2. The van der Waals surface area contributed by atoms with E-state index in [1.165, 1.54) is 0 Å². The molecular formula is C17H26N2O4. The Balaban J connectivity index is 1.65. The van der Waals surface area contributed by atoms with E-state index < -0.39 is 0 Å². The summed E-state index contributed by atoms with van der Waals surface area (Å²) in [5, 5.41) is 6.18. The van der Waals surface area contributed by atoms with Crippen molar-refractivity contribution in [1.82, 2.24) is 10.6 Å². The summed E-state index contributed by atoms with van der Waals surface area (Å²) in [5.41, 5.74) is 0.975. The lowest BCUT2D eigenvalue weighted by Gasteiger charge is -2.11. The maximum Gasteiger partial charge on any atom is 0.221 e. The van der Waals surface area contributed by atoms with Crippen LogP contribution in [0.3, 0.4) is 0 Å². The maximum atomic E-state index is 11.9. The van der Waals surface area contributed by atoms with E-state index in [1.54, 1.807) is 14.2 Å². The number of amides is 1. The fourth-order valence-corrected chi connectivity index (χ4v) is 2.55. The number of hydrogen-bond acceptors (Lipinski definition) is 5. The Morgan fingerprint density at radius 3 is 2.83 bits per heavy atom. The van der Waals surface area contributed by atoms with Crippen molar-refractivity contribution in [2.45, 2.75) is 31.9 Å². The average molecular weight is 322 g/mol. The second kappa shape index (κ2) is 9.37. The fourth-order valence-electron chi connectivity index (χ4n) is 2.55. The zero-order chi connectivity index (χ0) is 16.5. The zero-order valence-corrected chi connectivity index (χ0v) is 13.9. The predicted molar refractivity (Wildman–Crippen MR) is 87.9 cm³/mol. The van der Waals surface area contributed by atoms with Crippen molar-refractivity contribution in [3.8, 4) is 11.5 Å². The molecule has 0 radical (unpaired) electrons. The van der Waals surface area contributed by atoms with E-state index in [-0.39, 0.29) is 5.91 Å². The van der Waals surface area contributed by atoms with Crippen molar-refractivity contribution in [2.24, 2.45) is 0 Å². The SMILES string of the molecule is COc1ccc(CNC(=O)CCNCC2CCCO2)cc1OC. The fraction of sp³-hybridized carbons (Fsp3) is 0.588. The molecule has 23 heavy (non-hydrogen) atoms. The maximum absolute atomic E-state index is 11.9. The normalized spacial score (nSPS) is 17.0. The molecule has 0 aliphatic carbocycles. The van der Waals surface area contributed by atoms with Crippen LogP contribution in [0.15, 0.2) is 18.2 Å². The van der Waals surface area contributed by atoms with Crippen LogP contribution < -0.4 is 20.1 Å². The Morgan fingerprint density at radius 2 is 2.13 bits per heavy atom. The number of carbonyl (C=O) groups excluding carboxylic acids is 1. The topological polar surface area (TPSA) is 68.8 Å². The first-order valence-corrected chi connectivity index (χ1v) is 8.03. The van der Waals surface area contributed by atoms with Crippen LogP contribution in [0.2, 0.25) is 0 Å². The van der Waals surface area contributed by atoms with E-state index in [0.717, 1.165) is 31.6 Å². The Bertz CT molecular complexity index is 501. The Kier molecular flexibility index (Phi) is 7.16. The van der Waals surface area contributed by atoms with E-state index in [4.69, 9.17) is 14.2 Å². The van der Waals surface area contributed by atoms with Gasteiger partial charge < -0.3 is 24.8 Å². The first kappa shape index (κ1) is 17.6. The van der Waals surface area contributed by atoms with Crippen molar-refractivity contribution >= 4 is 5.91 Å². The minimum absolute atomic E-state index is 0.0274. The highest BCUT2D eigenvalue weighted by molar-refractivity contribution is 5.76.